The van der Waals surface area contributed by atoms with Crippen LogP contribution in [0.1, 0.15) is 24.2 Å². The van der Waals surface area contributed by atoms with E-state index in [1.807, 2.05) is 44.2 Å². The predicted octanol–water partition coefficient (Wildman–Crippen LogP) is 4.65. The number of halogens is 1. The molecule has 0 aliphatic carbocycles. The second-order valence-corrected chi connectivity index (χ2v) is 6.66. The van der Waals surface area contributed by atoms with Crippen molar-refractivity contribution in [3.63, 3.8) is 0 Å². The van der Waals surface area contributed by atoms with E-state index in [0.717, 1.165) is 5.69 Å². The van der Waals surface area contributed by atoms with Crippen molar-refractivity contribution in [2.45, 2.75) is 13.8 Å². The molecular weight excluding hydrogens is 390 g/mol. The molecule has 3 aromatic rings. The molecule has 0 bridgehead atoms. The number of nitrogens with one attached hydrogen (secondary N) is 2. The molecule has 2 N–H and O–H groups in total. The molecule has 0 saturated heterocycles. The Labute approximate surface area is 174 Å². The van der Waals surface area contributed by atoms with Crippen LogP contribution in [-0.2, 0) is 0 Å². The van der Waals surface area contributed by atoms with Gasteiger partial charge in [-0.15, -0.1) is 0 Å². The highest BCUT2D eigenvalue weighted by Crippen LogP contribution is 2.23. The third-order valence-electron chi connectivity index (χ3n) is 4.37. The summed E-state index contributed by atoms with van der Waals surface area (Å²) in [4.78, 5) is 27.2. The number of nitrogens with zero attached hydrogens (tertiary/aromatic N) is 3. The average Bonchev–Trinajstić information content (AvgIpc) is 3.12. The Morgan fingerprint density at radius 3 is 2.41 bits per heavy atom. The first-order chi connectivity index (χ1) is 14.0. The number of carbonyl (C=O) groups excluding carboxylic acids is 2. The highest BCUT2D eigenvalue weighted by Gasteiger charge is 2.23. The topological polar surface area (TPSA) is 79.3 Å². The minimum absolute atomic E-state index is 0.199. The van der Waals surface area contributed by atoms with Crippen LogP contribution in [0.2, 0.25) is 5.02 Å². The molecule has 2 aromatic carbocycles. The fourth-order valence-corrected chi connectivity index (χ4v) is 3.10. The summed E-state index contributed by atoms with van der Waals surface area (Å²) >= 11 is 5.97. The number of para-hydroxylation sites is 1. The Hall–Kier alpha value is -3.32. The molecule has 29 heavy (non-hydrogen) atoms. The van der Waals surface area contributed by atoms with Gasteiger partial charge in [-0.25, -0.2) is 9.48 Å². The van der Waals surface area contributed by atoms with Crippen molar-refractivity contribution in [2.24, 2.45) is 0 Å². The van der Waals surface area contributed by atoms with E-state index in [9.17, 15) is 9.59 Å². The summed E-state index contributed by atoms with van der Waals surface area (Å²) in [6, 6.07) is 15.6. The van der Waals surface area contributed by atoms with Crippen molar-refractivity contribution in [1.29, 1.82) is 0 Å². The smallest absolute Gasteiger partial charge is 0.324 e. The maximum Gasteiger partial charge on any atom is 0.324 e. The second-order valence-electron chi connectivity index (χ2n) is 6.22. The summed E-state index contributed by atoms with van der Waals surface area (Å²) in [5, 5.41) is 10.3. The normalized spacial score (nSPS) is 10.4. The Morgan fingerprint density at radius 2 is 1.76 bits per heavy atom. The Balaban J connectivity index is 1.94. The van der Waals surface area contributed by atoms with Crippen molar-refractivity contribution in [1.82, 2.24) is 14.7 Å². The highest BCUT2D eigenvalue weighted by molar-refractivity contribution is 6.30. The molecule has 0 saturated carbocycles. The zero-order chi connectivity index (χ0) is 20.8. The van der Waals surface area contributed by atoms with Crippen LogP contribution < -0.4 is 10.6 Å². The minimum atomic E-state index is -0.501. The van der Waals surface area contributed by atoms with Crippen LogP contribution >= 0.6 is 11.6 Å². The number of urea groups is 1. The molecule has 7 nitrogen and oxygen atoms in total. The molecule has 150 valence electrons. The van der Waals surface area contributed by atoms with Gasteiger partial charge < -0.3 is 10.2 Å². The van der Waals surface area contributed by atoms with E-state index in [1.165, 1.54) is 10.9 Å². The van der Waals surface area contributed by atoms with Crippen molar-refractivity contribution in [3.05, 3.63) is 71.4 Å². The van der Waals surface area contributed by atoms with Gasteiger partial charge in [0.2, 0.25) is 0 Å². The lowest BCUT2D eigenvalue weighted by molar-refractivity contribution is 0.0774. The molecule has 3 amide bonds. The largest absolute Gasteiger partial charge is 0.339 e. The fraction of sp³-hybridized carbons (Fsp3) is 0.190. The van der Waals surface area contributed by atoms with E-state index in [2.05, 4.69) is 15.7 Å². The second kappa shape index (κ2) is 9.25. The molecule has 0 spiro atoms. The summed E-state index contributed by atoms with van der Waals surface area (Å²) in [6.07, 6.45) is 1.47. The molecule has 8 heteroatoms. The van der Waals surface area contributed by atoms with Gasteiger partial charge in [0, 0.05) is 23.8 Å². The molecule has 0 aliphatic rings. The van der Waals surface area contributed by atoms with Crippen LogP contribution in [0.4, 0.5) is 16.3 Å². The highest BCUT2D eigenvalue weighted by atomic mass is 35.5. The van der Waals surface area contributed by atoms with Gasteiger partial charge in [0.15, 0.2) is 5.82 Å². The van der Waals surface area contributed by atoms with Gasteiger partial charge in [-0.3, -0.25) is 10.1 Å². The van der Waals surface area contributed by atoms with Crippen molar-refractivity contribution < 1.29 is 9.59 Å². The zero-order valence-corrected chi connectivity index (χ0v) is 17.0. The number of benzene rings is 2. The fourth-order valence-electron chi connectivity index (χ4n) is 2.91. The van der Waals surface area contributed by atoms with Crippen LogP contribution in [0, 0.1) is 0 Å². The summed E-state index contributed by atoms with van der Waals surface area (Å²) in [7, 11) is 0. The van der Waals surface area contributed by atoms with Crippen molar-refractivity contribution in [2.75, 3.05) is 23.7 Å². The Bertz CT molecular complexity index is 999. The van der Waals surface area contributed by atoms with E-state index in [0.29, 0.717) is 35.2 Å². The molecule has 3 rings (SSSR count). The van der Waals surface area contributed by atoms with E-state index >= 15 is 0 Å². The number of carbonyl (C=O) groups is 2. The third-order valence-corrected chi connectivity index (χ3v) is 4.60. The van der Waals surface area contributed by atoms with Gasteiger partial charge in [-0.2, -0.15) is 5.10 Å². The Morgan fingerprint density at radius 1 is 1.03 bits per heavy atom. The van der Waals surface area contributed by atoms with Crippen LogP contribution in [0.3, 0.4) is 0 Å². The lowest BCUT2D eigenvalue weighted by Gasteiger charge is -2.19. The maximum atomic E-state index is 12.9. The van der Waals surface area contributed by atoms with Crippen molar-refractivity contribution in [3.8, 4) is 5.69 Å². The first-order valence-electron chi connectivity index (χ1n) is 9.29. The lowest BCUT2D eigenvalue weighted by Crippen LogP contribution is -2.31. The van der Waals surface area contributed by atoms with Gasteiger partial charge in [0.05, 0.1) is 11.9 Å². The van der Waals surface area contributed by atoms with Crippen LogP contribution in [0.15, 0.2) is 60.8 Å². The van der Waals surface area contributed by atoms with E-state index < -0.39 is 6.03 Å². The zero-order valence-electron chi connectivity index (χ0n) is 16.2. The van der Waals surface area contributed by atoms with Gasteiger partial charge >= 0.3 is 6.03 Å². The van der Waals surface area contributed by atoms with E-state index in [1.54, 1.807) is 29.2 Å². The van der Waals surface area contributed by atoms with Crippen LogP contribution in [-0.4, -0.2) is 39.7 Å². The monoisotopic (exact) mass is 411 g/mol. The average molecular weight is 412 g/mol. The molecule has 0 fully saturated rings. The van der Waals surface area contributed by atoms with Gasteiger partial charge in [0.1, 0.15) is 5.56 Å². The summed E-state index contributed by atoms with van der Waals surface area (Å²) in [6.45, 7) is 4.92. The van der Waals surface area contributed by atoms with E-state index in [4.69, 9.17) is 11.6 Å². The Kier molecular flexibility index (Phi) is 6.51. The van der Waals surface area contributed by atoms with Crippen molar-refractivity contribution >= 4 is 35.0 Å². The molecule has 0 atom stereocenters. The molecule has 1 aromatic heterocycles. The number of anilines is 2. The maximum absolute atomic E-state index is 12.9. The summed E-state index contributed by atoms with van der Waals surface area (Å²) < 4.78 is 1.54. The first kappa shape index (κ1) is 20.4. The first-order valence-corrected chi connectivity index (χ1v) is 9.67. The molecule has 0 radical (unpaired) electrons. The van der Waals surface area contributed by atoms with Crippen LogP contribution in [0.25, 0.3) is 5.69 Å². The number of rotatable bonds is 6. The third kappa shape index (κ3) is 4.75. The standard InChI is InChI=1S/C21H22ClN5O2/c1-3-26(4-2)20(28)18-14-23-27(17-11-6-5-7-12-17)19(18)25-21(29)24-16-10-8-9-15(22)13-16/h5-14H,3-4H2,1-2H3,(H2,24,25,29). The number of hydrogen-bond acceptors (Lipinski definition) is 3. The van der Waals surface area contributed by atoms with Gasteiger partial charge in [0.25, 0.3) is 5.91 Å². The summed E-state index contributed by atoms with van der Waals surface area (Å²) in [5.74, 6) is 0.0999. The summed E-state index contributed by atoms with van der Waals surface area (Å²) in [5.41, 5.74) is 1.58. The number of hydrogen-bond donors (Lipinski definition) is 2. The number of aromatic nitrogens is 2. The van der Waals surface area contributed by atoms with Gasteiger partial charge in [-0.05, 0) is 44.2 Å². The quantitative estimate of drug-likeness (QED) is 0.619. The molecular formula is C21H22ClN5O2. The lowest BCUT2D eigenvalue weighted by atomic mass is 10.2. The molecule has 0 unspecified atom stereocenters. The van der Waals surface area contributed by atoms with Gasteiger partial charge in [-0.1, -0.05) is 35.9 Å². The van der Waals surface area contributed by atoms with Crippen LogP contribution in [0.5, 0.6) is 0 Å². The minimum Gasteiger partial charge on any atom is -0.339 e. The van der Waals surface area contributed by atoms with E-state index in [-0.39, 0.29) is 5.91 Å². The molecule has 0 aliphatic heterocycles. The SMILES string of the molecule is CCN(CC)C(=O)c1cnn(-c2ccccc2)c1NC(=O)Nc1cccc(Cl)c1. The number of amides is 3. The molecule has 1 heterocycles. The predicted molar refractivity (Wildman–Crippen MR) is 115 cm³/mol.